The van der Waals surface area contributed by atoms with E-state index in [9.17, 15) is 17.6 Å². The molecule has 0 bridgehead atoms. The number of alkyl halides is 3. The van der Waals surface area contributed by atoms with Crippen LogP contribution in [0.4, 0.5) is 17.6 Å². The van der Waals surface area contributed by atoms with Crippen LogP contribution < -0.4 is 0 Å². The highest BCUT2D eigenvalue weighted by molar-refractivity contribution is 6.35. The topological polar surface area (TPSA) is 43.9 Å². The molecule has 0 amide bonds. The summed E-state index contributed by atoms with van der Waals surface area (Å²) in [5.41, 5.74) is -1.22. The molecule has 3 aromatic rings. The third kappa shape index (κ3) is 2.23. The van der Waals surface area contributed by atoms with Crippen LogP contribution in [0.2, 0.25) is 5.02 Å². The molecule has 0 unspecified atom stereocenters. The minimum atomic E-state index is -4.60. The molecule has 0 N–H and O–H groups in total. The Morgan fingerprint density at radius 3 is 2.55 bits per heavy atom. The molecule has 0 saturated heterocycles. The van der Waals surface area contributed by atoms with Crippen LogP contribution in [-0.4, -0.2) is 14.8 Å². The van der Waals surface area contributed by atoms with Crippen LogP contribution >= 0.6 is 11.6 Å². The zero-order valence-corrected chi connectivity index (χ0v) is 12.1. The minimum Gasteiger partial charge on any atom is -0.439 e. The molecule has 0 aliphatic heterocycles. The second-order valence-corrected chi connectivity index (χ2v) is 5.07. The first-order chi connectivity index (χ1) is 10.2. The van der Waals surface area contributed by atoms with E-state index in [0.717, 1.165) is 19.2 Å². The maximum atomic E-state index is 14.2. The molecule has 9 heteroatoms. The van der Waals surface area contributed by atoms with Crippen molar-refractivity contribution in [1.82, 2.24) is 14.8 Å². The third-order valence-corrected chi connectivity index (χ3v) is 3.39. The molecule has 2 aromatic heterocycles. The largest absolute Gasteiger partial charge is 0.439 e. The highest BCUT2D eigenvalue weighted by atomic mass is 35.5. The van der Waals surface area contributed by atoms with Gasteiger partial charge in [-0.3, -0.25) is 4.68 Å². The van der Waals surface area contributed by atoms with E-state index >= 15 is 0 Å². The van der Waals surface area contributed by atoms with Crippen LogP contribution in [0.25, 0.3) is 22.4 Å². The standard InChI is InChI=1S/C13H8ClF4N3O/c1-5-19-11-10(7(15)3-6(14)12(11)22-5)8-4-9(13(16,17)18)21(2)20-8/h3-4H,1-2H3. The van der Waals surface area contributed by atoms with E-state index in [1.165, 1.54) is 6.92 Å². The number of benzene rings is 1. The van der Waals surface area contributed by atoms with Crippen LogP contribution in [0, 0.1) is 12.7 Å². The number of hydrogen-bond acceptors (Lipinski definition) is 3. The number of nitrogens with zero attached hydrogens (tertiary/aromatic N) is 3. The Hall–Kier alpha value is -2.09. The number of fused-ring (bicyclic) bond motifs is 1. The molecule has 116 valence electrons. The first kappa shape index (κ1) is 14.8. The molecule has 4 nitrogen and oxygen atoms in total. The Kier molecular flexibility index (Phi) is 3.17. The number of aryl methyl sites for hydroxylation is 2. The van der Waals surface area contributed by atoms with Crippen LogP contribution in [0.15, 0.2) is 16.5 Å². The Balaban J connectivity index is 2.31. The maximum Gasteiger partial charge on any atom is 0.433 e. The number of halogens is 5. The van der Waals surface area contributed by atoms with Gasteiger partial charge in [0.2, 0.25) is 0 Å². The molecule has 0 aliphatic carbocycles. The van der Waals surface area contributed by atoms with E-state index in [2.05, 4.69) is 10.1 Å². The van der Waals surface area contributed by atoms with E-state index in [0.29, 0.717) is 4.68 Å². The summed E-state index contributed by atoms with van der Waals surface area (Å²) in [6.07, 6.45) is -4.60. The monoisotopic (exact) mass is 333 g/mol. The molecule has 0 saturated carbocycles. The Morgan fingerprint density at radius 1 is 1.27 bits per heavy atom. The molecule has 0 atom stereocenters. The van der Waals surface area contributed by atoms with E-state index < -0.39 is 17.7 Å². The fraction of sp³-hybridized carbons (Fsp3) is 0.231. The molecule has 0 aliphatic rings. The number of aromatic nitrogens is 3. The molecular weight excluding hydrogens is 326 g/mol. The lowest BCUT2D eigenvalue weighted by Crippen LogP contribution is -2.11. The second-order valence-electron chi connectivity index (χ2n) is 4.66. The lowest BCUT2D eigenvalue weighted by molar-refractivity contribution is -0.143. The van der Waals surface area contributed by atoms with Gasteiger partial charge in [0.25, 0.3) is 0 Å². The van der Waals surface area contributed by atoms with Crippen LogP contribution in [0.3, 0.4) is 0 Å². The van der Waals surface area contributed by atoms with Crippen molar-refractivity contribution in [3.63, 3.8) is 0 Å². The predicted molar refractivity (Wildman–Crippen MR) is 70.9 cm³/mol. The zero-order valence-electron chi connectivity index (χ0n) is 11.3. The molecule has 1 aromatic carbocycles. The second kappa shape index (κ2) is 4.70. The molecule has 0 fully saturated rings. The lowest BCUT2D eigenvalue weighted by Gasteiger charge is -2.04. The van der Waals surface area contributed by atoms with E-state index in [1.807, 2.05) is 0 Å². The quantitative estimate of drug-likeness (QED) is 0.622. The highest BCUT2D eigenvalue weighted by Gasteiger charge is 2.35. The first-order valence-electron chi connectivity index (χ1n) is 6.05. The predicted octanol–water partition coefficient (Wildman–Crippen LogP) is 4.35. The zero-order chi connectivity index (χ0) is 16.2. The van der Waals surface area contributed by atoms with Gasteiger partial charge < -0.3 is 4.42 Å². The fourth-order valence-electron chi connectivity index (χ4n) is 2.22. The van der Waals surface area contributed by atoms with Crippen LogP contribution in [0.5, 0.6) is 0 Å². The van der Waals surface area contributed by atoms with Gasteiger partial charge in [0.1, 0.15) is 17.0 Å². The van der Waals surface area contributed by atoms with Gasteiger partial charge in [-0.1, -0.05) is 11.6 Å². The van der Waals surface area contributed by atoms with Crippen molar-refractivity contribution >= 4 is 22.7 Å². The fourth-order valence-corrected chi connectivity index (χ4v) is 2.44. The van der Waals surface area contributed by atoms with Crippen molar-refractivity contribution in [3.8, 4) is 11.3 Å². The lowest BCUT2D eigenvalue weighted by atomic mass is 10.1. The number of rotatable bonds is 1. The van der Waals surface area contributed by atoms with Crippen molar-refractivity contribution < 1.29 is 22.0 Å². The summed E-state index contributed by atoms with van der Waals surface area (Å²) in [6, 6.07) is 1.72. The van der Waals surface area contributed by atoms with Crippen molar-refractivity contribution in [1.29, 1.82) is 0 Å². The molecule has 22 heavy (non-hydrogen) atoms. The molecule has 0 spiro atoms. The molecule has 3 rings (SSSR count). The molecule has 2 heterocycles. The van der Waals surface area contributed by atoms with Crippen molar-refractivity contribution in [2.24, 2.45) is 7.05 Å². The van der Waals surface area contributed by atoms with Gasteiger partial charge in [-0.2, -0.15) is 18.3 Å². The van der Waals surface area contributed by atoms with Gasteiger partial charge in [-0.15, -0.1) is 0 Å². The summed E-state index contributed by atoms with van der Waals surface area (Å²) in [5, 5.41) is 3.72. The van der Waals surface area contributed by atoms with Crippen molar-refractivity contribution in [3.05, 3.63) is 34.6 Å². The minimum absolute atomic E-state index is 0.0103. The average Bonchev–Trinajstić information content (AvgIpc) is 2.92. The Morgan fingerprint density at radius 2 is 1.95 bits per heavy atom. The Labute approximate surface area is 126 Å². The first-order valence-corrected chi connectivity index (χ1v) is 6.43. The van der Waals surface area contributed by atoms with Gasteiger partial charge in [0.15, 0.2) is 11.5 Å². The van der Waals surface area contributed by atoms with Gasteiger partial charge in [0, 0.05) is 14.0 Å². The van der Waals surface area contributed by atoms with Crippen LogP contribution in [0.1, 0.15) is 11.6 Å². The SMILES string of the molecule is Cc1nc2c(-c3cc(C(F)(F)F)n(C)n3)c(F)cc(Cl)c2o1. The van der Waals surface area contributed by atoms with E-state index in [-0.39, 0.29) is 33.3 Å². The average molecular weight is 334 g/mol. The van der Waals surface area contributed by atoms with Gasteiger partial charge in [-0.05, 0) is 12.1 Å². The molecular formula is C13H8ClF4N3O. The normalized spacial score (nSPS) is 12.3. The van der Waals surface area contributed by atoms with E-state index in [4.69, 9.17) is 16.0 Å². The number of hydrogen-bond donors (Lipinski definition) is 0. The third-order valence-electron chi connectivity index (χ3n) is 3.11. The smallest absolute Gasteiger partial charge is 0.433 e. The maximum absolute atomic E-state index is 14.2. The summed E-state index contributed by atoms with van der Waals surface area (Å²) in [4.78, 5) is 3.99. The van der Waals surface area contributed by atoms with Crippen molar-refractivity contribution in [2.75, 3.05) is 0 Å². The highest BCUT2D eigenvalue weighted by Crippen LogP contribution is 2.37. The molecule has 0 radical (unpaired) electrons. The van der Waals surface area contributed by atoms with Gasteiger partial charge in [-0.25, -0.2) is 9.37 Å². The van der Waals surface area contributed by atoms with Crippen LogP contribution in [-0.2, 0) is 13.2 Å². The number of oxazole rings is 1. The van der Waals surface area contributed by atoms with Gasteiger partial charge in [0.05, 0.1) is 16.3 Å². The summed E-state index contributed by atoms with van der Waals surface area (Å²) in [5.74, 6) is -0.603. The summed E-state index contributed by atoms with van der Waals surface area (Å²) < 4.78 is 58.7. The van der Waals surface area contributed by atoms with Gasteiger partial charge >= 0.3 is 6.18 Å². The summed E-state index contributed by atoms with van der Waals surface area (Å²) >= 11 is 5.86. The van der Waals surface area contributed by atoms with Crippen molar-refractivity contribution in [2.45, 2.75) is 13.1 Å². The summed E-state index contributed by atoms with van der Waals surface area (Å²) in [7, 11) is 1.13. The van der Waals surface area contributed by atoms with E-state index in [1.54, 1.807) is 0 Å². The summed E-state index contributed by atoms with van der Waals surface area (Å²) in [6.45, 7) is 1.53. The Bertz CT molecular complexity index is 882.